The Morgan fingerprint density at radius 1 is 0.838 bits per heavy atom. The van der Waals surface area contributed by atoms with Crippen LogP contribution >= 0.6 is 0 Å². The van der Waals surface area contributed by atoms with Crippen LogP contribution in [-0.4, -0.2) is 43.8 Å². The highest BCUT2D eigenvalue weighted by molar-refractivity contribution is 7.92. The molecule has 7 nitrogen and oxygen atoms in total. The van der Waals surface area contributed by atoms with E-state index in [1.807, 2.05) is 58.0 Å². The first-order valence-corrected chi connectivity index (χ1v) is 13.7. The second kappa shape index (κ2) is 12.1. The lowest BCUT2D eigenvalue weighted by molar-refractivity contribution is -0.139. The van der Waals surface area contributed by atoms with Gasteiger partial charge in [0, 0.05) is 12.6 Å². The topological polar surface area (TPSA) is 86.8 Å². The van der Waals surface area contributed by atoms with Gasteiger partial charge in [-0.25, -0.2) is 8.42 Å². The van der Waals surface area contributed by atoms with Gasteiger partial charge in [0.15, 0.2) is 0 Å². The normalized spacial score (nSPS) is 12.2. The van der Waals surface area contributed by atoms with E-state index in [1.54, 1.807) is 43.3 Å². The zero-order valence-corrected chi connectivity index (χ0v) is 22.8. The van der Waals surface area contributed by atoms with Gasteiger partial charge in [0.1, 0.15) is 12.6 Å². The molecule has 0 aliphatic heterocycles. The lowest BCUT2D eigenvalue weighted by Gasteiger charge is -2.32. The molecule has 0 aliphatic carbocycles. The number of benzene rings is 3. The number of carbonyl (C=O) groups excluding carboxylic acids is 2. The van der Waals surface area contributed by atoms with Gasteiger partial charge in [-0.15, -0.1) is 0 Å². The standard InChI is InChI=1S/C29H35N3O4S/c1-21(2)30-29(34)24(5)31(19-25-16-14-22(3)15-17-25)28(33)20-32(26-11-9-10-23(4)18-26)37(35,36)27-12-7-6-8-13-27/h6-18,21,24H,19-20H2,1-5H3,(H,30,34)/t24-/m1/s1. The van der Waals surface area contributed by atoms with E-state index in [1.165, 1.54) is 17.0 Å². The smallest absolute Gasteiger partial charge is 0.264 e. The summed E-state index contributed by atoms with van der Waals surface area (Å²) in [5, 5.41) is 2.86. The molecule has 2 amide bonds. The first-order valence-electron chi connectivity index (χ1n) is 12.3. The van der Waals surface area contributed by atoms with Crippen LogP contribution in [-0.2, 0) is 26.2 Å². The highest BCUT2D eigenvalue weighted by Crippen LogP contribution is 2.25. The van der Waals surface area contributed by atoms with Gasteiger partial charge in [-0.3, -0.25) is 13.9 Å². The Kier molecular flexibility index (Phi) is 9.10. The number of aryl methyl sites for hydroxylation is 2. The average Bonchev–Trinajstić information content (AvgIpc) is 2.86. The van der Waals surface area contributed by atoms with Gasteiger partial charge in [0.2, 0.25) is 11.8 Å². The maximum absolute atomic E-state index is 13.8. The SMILES string of the molecule is Cc1ccc(CN(C(=O)CN(c2cccc(C)c2)S(=O)(=O)c2ccccc2)[C@H](C)C(=O)NC(C)C)cc1. The highest BCUT2D eigenvalue weighted by Gasteiger charge is 2.32. The molecule has 0 radical (unpaired) electrons. The molecule has 0 aliphatic rings. The van der Waals surface area contributed by atoms with E-state index >= 15 is 0 Å². The number of carbonyl (C=O) groups is 2. The summed E-state index contributed by atoms with van der Waals surface area (Å²) in [5.41, 5.74) is 3.16. The van der Waals surface area contributed by atoms with Crippen molar-refractivity contribution in [1.82, 2.24) is 10.2 Å². The number of hydrogen-bond donors (Lipinski definition) is 1. The van der Waals surface area contributed by atoms with E-state index < -0.39 is 28.5 Å². The molecule has 8 heteroatoms. The summed E-state index contributed by atoms with van der Waals surface area (Å²) in [6, 6.07) is 21.8. The number of anilines is 1. The van der Waals surface area contributed by atoms with Crippen LogP contribution in [0.4, 0.5) is 5.69 Å². The van der Waals surface area contributed by atoms with E-state index in [-0.39, 0.29) is 23.4 Å². The molecular formula is C29H35N3O4S. The van der Waals surface area contributed by atoms with Crippen LogP contribution in [0.3, 0.4) is 0 Å². The van der Waals surface area contributed by atoms with Gasteiger partial charge in [-0.2, -0.15) is 0 Å². The third kappa shape index (κ3) is 7.20. The van der Waals surface area contributed by atoms with E-state index in [4.69, 9.17) is 0 Å². The predicted octanol–water partition coefficient (Wildman–Crippen LogP) is 4.44. The molecule has 1 atom stereocenters. The van der Waals surface area contributed by atoms with E-state index in [0.29, 0.717) is 5.69 Å². The van der Waals surface area contributed by atoms with Crippen molar-refractivity contribution >= 4 is 27.5 Å². The van der Waals surface area contributed by atoms with Crippen molar-refractivity contribution in [2.45, 2.75) is 58.1 Å². The molecule has 3 aromatic rings. The van der Waals surface area contributed by atoms with Crippen molar-refractivity contribution < 1.29 is 18.0 Å². The monoisotopic (exact) mass is 521 g/mol. The lowest BCUT2D eigenvalue weighted by atomic mass is 10.1. The Bertz CT molecular complexity index is 1320. The lowest BCUT2D eigenvalue weighted by Crippen LogP contribution is -2.52. The van der Waals surface area contributed by atoms with E-state index in [2.05, 4.69) is 5.32 Å². The summed E-state index contributed by atoms with van der Waals surface area (Å²) in [6.45, 7) is 8.91. The summed E-state index contributed by atoms with van der Waals surface area (Å²) < 4.78 is 28.6. The molecule has 0 unspecified atom stereocenters. The Morgan fingerprint density at radius 2 is 1.49 bits per heavy atom. The van der Waals surface area contributed by atoms with Crippen LogP contribution in [0.2, 0.25) is 0 Å². The van der Waals surface area contributed by atoms with Crippen LogP contribution in [0.15, 0.2) is 83.8 Å². The van der Waals surface area contributed by atoms with Gasteiger partial charge in [0.05, 0.1) is 10.6 Å². The number of hydrogen-bond acceptors (Lipinski definition) is 4. The fraction of sp³-hybridized carbons (Fsp3) is 0.310. The molecule has 196 valence electrons. The third-order valence-corrected chi connectivity index (χ3v) is 7.76. The van der Waals surface area contributed by atoms with Crippen molar-refractivity contribution in [3.8, 4) is 0 Å². The van der Waals surface area contributed by atoms with Crippen LogP contribution in [0, 0.1) is 13.8 Å². The Balaban J connectivity index is 2.01. The van der Waals surface area contributed by atoms with Crippen molar-refractivity contribution in [2.24, 2.45) is 0 Å². The molecule has 0 saturated carbocycles. The predicted molar refractivity (Wildman–Crippen MR) is 147 cm³/mol. The van der Waals surface area contributed by atoms with Gasteiger partial charge in [-0.05, 0) is 70.0 Å². The summed E-state index contributed by atoms with van der Waals surface area (Å²) in [6.07, 6.45) is 0. The molecule has 0 aromatic heterocycles. The molecule has 0 saturated heterocycles. The number of nitrogens with zero attached hydrogens (tertiary/aromatic N) is 2. The Morgan fingerprint density at radius 3 is 2.08 bits per heavy atom. The number of rotatable bonds is 10. The van der Waals surface area contributed by atoms with E-state index in [9.17, 15) is 18.0 Å². The van der Waals surface area contributed by atoms with Gasteiger partial charge in [-0.1, -0.05) is 60.2 Å². The minimum Gasteiger partial charge on any atom is -0.352 e. The average molecular weight is 522 g/mol. The summed E-state index contributed by atoms with van der Waals surface area (Å²) in [4.78, 5) is 28.3. The quantitative estimate of drug-likeness (QED) is 0.427. The molecule has 0 heterocycles. The maximum atomic E-state index is 13.8. The summed E-state index contributed by atoms with van der Waals surface area (Å²) in [7, 11) is -4.06. The highest BCUT2D eigenvalue weighted by atomic mass is 32.2. The summed E-state index contributed by atoms with van der Waals surface area (Å²) in [5.74, 6) is -0.781. The van der Waals surface area contributed by atoms with Gasteiger partial charge in [0.25, 0.3) is 10.0 Å². The zero-order valence-electron chi connectivity index (χ0n) is 22.0. The largest absolute Gasteiger partial charge is 0.352 e. The minimum atomic E-state index is -4.06. The molecule has 3 rings (SSSR count). The van der Waals surface area contributed by atoms with E-state index in [0.717, 1.165) is 21.0 Å². The van der Waals surface area contributed by atoms with Crippen molar-refractivity contribution in [3.63, 3.8) is 0 Å². The Hall–Kier alpha value is -3.65. The molecule has 1 N–H and O–H groups in total. The Labute approximate surface area is 220 Å². The fourth-order valence-electron chi connectivity index (χ4n) is 3.91. The van der Waals surface area contributed by atoms with Crippen molar-refractivity contribution in [2.75, 3.05) is 10.8 Å². The third-order valence-electron chi connectivity index (χ3n) is 5.97. The van der Waals surface area contributed by atoms with Crippen LogP contribution in [0.1, 0.15) is 37.5 Å². The number of sulfonamides is 1. The number of amides is 2. The van der Waals surface area contributed by atoms with Gasteiger partial charge < -0.3 is 10.2 Å². The molecule has 0 fully saturated rings. The first-order chi connectivity index (χ1) is 17.5. The maximum Gasteiger partial charge on any atom is 0.264 e. The molecule has 3 aromatic carbocycles. The number of nitrogens with one attached hydrogen (secondary N) is 1. The van der Waals surface area contributed by atoms with Crippen molar-refractivity contribution in [1.29, 1.82) is 0 Å². The van der Waals surface area contributed by atoms with Crippen LogP contribution in [0.5, 0.6) is 0 Å². The van der Waals surface area contributed by atoms with Gasteiger partial charge >= 0.3 is 0 Å². The second-order valence-electron chi connectivity index (χ2n) is 9.51. The second-order valence-corrected chi connectivity index (χ2v) is 11.4. The zero-order chi connectivity index (χ0) is 27.2. The molecule has 37 heavy (non-hydrogen) atoms. The molecular weight excluding hydrogens is 486 g/mol. The van der Waals surface area contributed by atoms with Crippen LogP contribution < -0.4 is 9.62 Å². The summed E-state index contributed by atoms with van der Waals surface area (Å²) >= 11 is 0. The first kappa shape index (κ1) is 27.9. The van der Waals surface area contributed by atoms with Crippen LogP contribution in [0.25, 0.3) is 0 Å². The minimum absolute atomic E-state index is 0.0833. The molecule has 0 spiro atoms. The van der Waals surface area contributed by atoms with Crippen molar-refractivity contribution in [3.05, 3.63) is 95.6 Å². The fourth-order valence-corrected chi connectivity index (χ4v) is 5.34. The molecule has 0 bridgehead atoms.